The number of rotatable bonds is 11. The molecule has 0 spiro atoms. The van der Waals surface area contributed by atoms with Gasteiger partial charge >= 0.3 is 17.9 Å². The fourth-order valence-electron chi connectivity index (χ4n) is 9.23. The Morgan fingerprint density at radius 1 is 0.447 bits per heavy atom. The van der Waals surface area contributed by atoms with E-state index in [1.165, 1.54) is 0 Å². The van der Waals surface area contributed by atoms with Crippen molar-refractivity contribution in [1.29, 1.82) is 0 Å². The van der Waals surface area contributed by atoms with E-state index < -0.39 is 33.0 Å². The van der Waals surface area contributed by atoms with Crippen molar-refractivity contribution in [1.82, 2.24) is 0 Å². The summed E-state index contributed by atoms with van der Waals surface area (Å²) in [4.78, 5) is 43.4. The summed E-state index contributed by atoms with van der Waals surface area (Å²) in [6, 6.07) is 0. The van der Waals surface area contributed by atoms with Crippen LogP contribution in [0.2, 0.25) is 0 Å². The van der Waals surface area contributed by atoms with Crippen molar-refractivity contribution in [2.45, 2.75) is 210 Å². The van der Waals surface area contributed by atoms with E-state index in [0.29, 0.717) is 6.42 Å². The second-order valence-electron chi connectivity index (χ2n) is 20.2. The summed E-state index contributed by atoms with van der Waals surface area (Å²) in [5, 5.41) is 0. The largest absolute Gasteiger partial charge is 0.458 e. The molecular formula is C41H72O6. The van der Waals surface area contributed by atoms with Crippen molar-refractivity contribution >= 4 is 17.9 Å². The van der Waals surface area contributed by atoms with E-state index in [1.807, 2.05) is 34.6 Å². The predicted octanol–water partition coefficient (Wildman–Crippen LogP) is 10.9. The summed E-state index contributed by atoms with van der Waals surface area (Å²) < 4.78 is 19.8. The second-order valence-corrected chi connectivity index (χ2v) is 20.2. The van der Waals surface area contributed by atoms with E-state index in [0.717, 1.165) is 77.0 Å². The first kappa shape index (κ1) is 39.8. The van der Waals surface area contributed by atoms with Gasteiger partial charge in [0.15, 0.2) is 0 Å². The standard InChI is InChI=1S/C41H72O6/c1-15-37(13,31(43)46-40(34(5,6)7)24-18-19-25-40)29-38(14,32(44)47-41(35(8,9)10)26-20-21-27-41)28-36(11,12)30(42)45-39(33(2,3)4)22-16-17-23-39/h15-29H2,1-14H3. The summed E-state index contributed by atoms with van der Waals surface area (Å²) in [6.07, 6.45) is 12.2. The van der Waals surface area contributed by atoms with E-state index in [4.69, 9.17) is 14.2 Å². The second kappa shape index (κ2) is 13.3. The summed E-state index contributed by atoms with van der Waals surface area (Å²) >= 11 is 0. The maximum Gasteiger partial charge on any atom is 0.312 e. The molecule has 6 heteroatoms. The minimum atomic E-state index is -1.14. The molecule has 0 saturated heterocycles. The maximum absolute atomic E-state index is 14.8. The molecule has 3 saturated carbocycles. The molecule has 2 unspecified atom stereocenters. The molecule has 0 N–H and O–H groups in total. The first-order valence-corrected chi connectivity index (χ1v) is 18.9. The molecule has 6 nitrogen and oxygen atoms in total. The molecule has 0 aliphatic heterocycles. The van der Waals surface area contributed by atoms with Crippen LogP contribution < -0.4 is 0 Å². The van der Waals surface area contributed by atoms with Gasteiger partial charge in [0.2, 0.25) is 0 Å². The van der Waals surface area contributed by atoms with Gasteiger partial charge in [0.25, 0.3) is 0 Å². The molecular weight excluding hydrogens is 588 g/mol. The highest BCUT2D eigenvalue weighted by Gasteiger charge is 2.57. The molecule has 0 heterocycles. The molecule has 3 aliphatic rings. The van der Waals surface area contributed by atoms with Gasteiger partial charge in [-0.3, -0.25) is 14.4 Å². The lowest BCUT2D eigenvalue weighted by Crippen LogP contribution is -2.52. The minimum Gasteiger partial charge on any atom is -0.458 e. The van der Waals surface area contributed by atoms with Crippen molar-refractivity contribution in [2.24, 2.45) is 32.5 Å². The number of esters is 3. The molecule has 0 aromatic heterocycles. The van der Waals surface area contributed by atoms with Crippen LogP contribution >= 0.6 is 0 Å². The molecule has 3 aliphatic carbocycles. The molecule has 0 amide bonds. The van der Waals surface area contributed by atoms with E-state index in [-0.39, 0.29) is 47.0 Å². The summed E-state index contributed by atoms with van der Waals surface area (Å²) in [5.41, 5.74) is -5.36. The van der Waals surface area contributed by atoms with Crippen LogP contribution in [0.1, 0.15) is 193 Å². The SMILES string of the molecule is CCC(C)(CC(C)(CC(C)(C)C(=O)OC1(C(C)(C)C)CCCC1)C(=O)OC1(C(C)(C)C)CCCC1)C(=O)OC1(C(C)(C)C)CCCC1. The summed E-state index contributed by atoms with van der Waals surface area (Å²) in [5.74, 6) is -0.848. The zero-order valence-electron chi connectivity index (χ0n) is 33.1. The number of carbonyl (C=O) groups excluding carboxylic acids is 3. The molecule has 3 rings (SSSR count). The van der Waals surface area contributed by atoms with Gasteiger partial charge < -0.3 is 14.2 Å². The lowest BCUT2D eigenvalue weighted by atomic mass is 9.64. The third-order valence-corrected chi connectivity index (χ3v) is 13.1. The first-order chi connectivity index (χ1) is 21.2. The first-order valence-electron chi connectivity index (χ1n) is 18.9. The third-order valence-electron chi connectivity index (χ3n) is 13.1. The van der Waals surface area contributed by atoms with Crippen LogP contribution in [0.4, 0.5) is 0 Å². The zero-order valence-corrected chi connectivity index (χ0v) is 33.1. The highest BCUT2D eigenvalue weighted by molar-refractivity contribution is 5.83. The fourth-order valence-corrected chi connectivity index (χ4v) is 9.23. The number of ether oxygens (including phenoxy) is 3. The Labute approximate surface area is 288 Å². The van der Waals surface area contributed by atoms with Crippen LogP contribution in [0.15, 0.2) is 0 Å². The van der Waals surface area contributed by atoms with Crippen LogP contribution in [-0.2, 0) is 28.6 Å². The topological polar surface area (TPSA) is 78.9 Å². The smallest absolute Gasteiger partial charge is 0.312 e. The molecule has 47 heavy (non-hydrogen) atoms. The van der Waals surface area contributed by atoms with Crippen molar-refractivity contribution in [3.8, 4) is 0 Å². The molecule has 0 radical (unpaired) electrons. The van der Waals surface area contributed by atoms with E-state index in [1.54, 1.807) is 0 Å². The summed E-state index contributed by atoms with van der Waals surface area (Å²) in [6.45, 7) is 29.1. The highest BCUT2D eigenvalue weighted by atomic mass is 16.6. The van der Waals surface area contributed by atoms with Gasteiger partial charge in [0.1, 0.15) is 16.8 Å². The fraction of sp³-hybridized carbons (Fsp3) is 0.927. The molecule has 2 atom stereocenters. The van der Waals surface area contributed by atoms with Gasteiger partial charge in [-0.05, 0) is 124 Å². The molecule has 272 valence electrons. The zero-order chi connectivity index (χ0) is 36.0. The normalized spacial score (nSPS) is 23.9. The Bertz CT molecular complexity index is 1130. The van der Waals surface area contributed by atoms with Gasteiger partial charge in [-0.1, -0.05) is 69.2 Å². The van der Waals surface area contributed by atoms with E-state index in [9.17, 15) is 14.4 Å². The van der Waals surface area contributed by atoms with Crippen LogP contribution in [0.25, 0.3) is 0 Å². The molecule has 0 aromatic rings. The van der Waals surface area contributed by atoms with Crippen molar-refractivity contribution in [3.05, 3.63) is 0 Å². The molecule has 0 aromatic carbocycles. The van der Waals surface area contributed by atoms with Crippen molar-refractivity contribution in [3.63, 3.8) is 0 Å². The maximum atomic E-state index is 14.8. The van der Waals surface area contributed by atoms with Gasteiger partial charge in [-0.25, -0.2) is 0 Å². The van der Waals surface area contributed by atoms with Crippen LogP contribution in [-0.4, -0.2) is 34.7 Å². The number of hydrogen-bond donors (Lipinski definition) is 0. The van der Waals surface area contributed by atoms with E-state index in [2.05, 4.69) is 62.3 Å². The Hall–Kier alpha value is -1.59. The van der Waals surface area contributed by atoms with Crippen molar-refractivity contribution < 1.29 is 28.6 Å². The van der Waals surface area contributed by atoms with E-state index >= 15 is 0 Å². The average Bonchev–Trinajstić information content (AvgIpc) is 3.69. The van der Waals surface area contributed by atoms with Crippen molar-refractivity contribution in [2.75, 3.05) is 0 Å². The Morgan fingerprint density at radius 2 is 0.723 bits per heavy atom. The van der Waals surface area contributed by atoms with Crippen LogP contribution in [0.3, 0.4) is 0 Å². The van der Waals surface area contributed by atoms with Crippen LogP contribution in [0.5, 0.6) is 0 Å². The summed E-state index contributed by atoms with van der Waals surface area (Å²) in [7, 11) is 0. The monoisotopic (exact) mass is 661 g/mol. The Morgan fingerprint density at radius 3 is 1.00 bits per heavy atom. The van der Waals surface area contributed by atoms with Gasteiger partial charge in [0, 0.05) is 16.2 Å². The minimum absolute atomic E-state index is 0.202. The predicted molar refractivity (Wildman–Crippen MR) is 190 cm³/mol. The Balaban J connectivity index is 2.02. The number of hydrogen-bond acceptors (Lipinski definition) is 6. The lowest BCUT2D eigenvalue weighted by molar-refractivity contribution is -0.197. The van der Waals surface area contributed by atoms with Gasteiger partial charge in [-0.2, -0.15) is 0 Å². The highest BCUT2D eigenvalue weighted by Crippen LogP contribution is 2.54. The van der Waals surface area contributed by atoms with Gasteiger partial charge in [-0.15, -0.1) is 0 Å². The Kier molecular flexibility index (Phi) is 11.3. The quantitative estimate of drug-likeness (QED) is 0.162. The number of carbonyl (C=O) groups is 3. The molecule has 3 fully saturated rings. The lowest BCUT2D eigenvalue weighted by Gasteiger charge is -2.47. The van der Waals surface area contributed by atoms with Gasteiger partial charge in [0.05, 0.1) is 16.2 Å². The molecule has 0 bridgehead atoms. The average molecular weight is 661 g/mol. The van der Waals surface area contributed by atoms with Crippen LogP contribution in [0, 0.1) is 32.5 Å². The third kappa shape index (κ3) is 7.92.